The molecule has 0 atom stereocenters. The number of halogens is 3. The van der Waals surface area contributed by atoms with Crippen molar-refractivity contribution >= 4 is 50.9 Å². The molecule has 0 bridgehead atoms. The summed E-state index contributed by atoms with van der Waals surface area (Å²) in [5, 5.41) is 10.5. The van der Waals surface area contributed by atoms with Crippen molar-refractivity contribution in [3.05, 3.63) is 68.4 Å². The van der Waals surface area contributed by atoms with E-state index in [2.05, 4.69) is 45.2 Å². The minimum atomic E-state index is 0.291. The summed E-state index contributed by atoms with van der Waals surface area (Å²) in [5.74, 6) is 2.15. The van der Waals surface area contributed by atoms with E-state index in [1.54, 1.807) is 30.0 Å². The molecule has 0 aliphatic rings. The van der Waals surface area contributed by atoms with Crippen LogP contribution in [0.15, 0.2) is 52.1 Å². The summed E-state index contributed by atoms with van der Waals surface area (Å²) in [6.45, 7) is 3.12. The van der Waals surface area contributed by atoms with E-state index < -0.39 is 0 Å². The number of benzene rings is 2. The molecule has 136 valence electrons. The third-order valence-electron chi connectivity index (χ3n) is 3.62. The Morgan fingerprint density at radius 2 is 2.00 bits per heavy atom. The number of thioether (sulfide) groups is 1. The third-order valence-corrected chi connectivity index (χ3v) is 5.68. The van der Waals surface area contributed by atoms with E-state index in [1.807, 2.05) is 16.7 Å². The van der Waals surface area contributed by atoms with Crippen molar-refractivity contribution in [3.8, 4) is 5.75 Å². The molecule has 0 saturated heterocycles. The smallest absolute Gasteiger partial charge is 0.191 e. The van der Waals surface area contributed by atoms with Crippen molar-refractivity contribution < 1.29 is 4.74 Å². The zero-order valence-corrected chi connectivity index (χ0v) is 17.9. The minimum absolute atomic E-state index is 0.291. The Balaban J connectivity index is 1.67. The van der Waals surface area contributed by atoms with Crippen molar-refractivity contribution in [2.24, 2.45) is 0 Å². The molecule has 0 radical (unpaired) electrons. The zero-order valence-electron chi connectivity index (χ0n) is 14.0. The highest BCUT2D eigenvalue weighted by molar-refractivity contribution is 9.10. The summed E-state index contributed by atoms with van der Waals surface area (Å²) in [6.07, 6.45) is 0. The standard InChI is InChI=1S/C18H16BrCl2N3OS/c1-2-24-17(10-25-16-7-6-14(20)9-15(16)21)22-23-18(24)26-11-12-4-3-5-13(19)8-12/h3-9H,2,10-11H2,1H3. The van der Waals surface area contributed by atoms with Gasteiger partial charge in [-0.3, -0.25) is 0 Å². The summed E-state index contributed by atoms with van der Waals surface area (Å²) < 4.78 is 8.90. The van der Waals surface area contributed by atoms with E-state index in [-0.39, 0.29) is 0 Å². The SMILES string of the molecule is CCn1c(COc2ccc(Cl)cc2Cl)nnc1SCc1cccc(Br)c1. The van der Waals surface area contributed by atoms with Gasteiger partial charge in [0.1, 0.15) is 12.4 Å². The van der Waals surface area contributed by atoms with Crippen LogP contribution in [0.5, 0.6) is 5.75 Å². The maximum Gasteiger partial charge on any atom is 0.191 e. The van der Waals surface area contributed by atoms with Crippen molar-refractivity contribution in [3.63, 3.8) is 0 Å². The summed E-state index contributed by atoms with van der Waals surface area (Å²) >= 11 is 17.2. The lowest BCUT2D eigenvalue weighted by molar-refractivity contribution is 0.288. The van der Waals surface area contributed by atoms with Gasteiger partial charge in [-0.05, 0) is 42.8 Å². The molecule has 1 heterocycles. The number of hydrogen-bond acceptors (Lipinski definition) is 4. The molecule has 0 spiro atoms. The van der Waals surface area contributed by atoms with Crippen molar-refractivity contribution in [1.82, 2.24) is 14.8 Å². The normalized spacial score (nSPS) is 10.9. The second-order valence-electron chi connectivity index (χ2n) is 5.43. The first kappa shape index (κ1) is 19.5. The molecule has 0 fully saturated rings. The van der Waals surface area contributed by atoms with Crippen LogP contribution < -0.4 is 4.74 Å². The Morgan fingerprint density at radius 1 is 1.15 bits per heavy atom. The van der Waals surface area contributed by atoms with E-state index in [4.69, 9.17) is 27.9 Å². The van der Waals surface area contributed by atoms with Gasteiger partial charge < -0.3 is 9.30 Å². The quantitative estimate of drug-likeness (QED) is 0.381. The lowest BCUT2D eigenvalue weighted by Crippen LogP contribution is -2.07. The van der Waals surface area contributed by atoms with Gasteiger partial charge >= 0.3 is 0 Å². The van der Waals surface area contributed by atoms with Crippen LogP contribution in [-0.4, -0.2) is 14.8 Å². The largest absolute Gasteiger partial charge is 0.484 e. The van der Waals surface area contributed by atoms with Crippen LogP contribution in [-0.2, 0) is 18.9 Å². The van der Waals surface area contributed by atoms with Gasteiger partial charge in [0, 0.05) is 21.8 Å². The van der Waals surface area contributed by atoms with Crippen LogP contribution in [0.4, 0.5) is 0 Å². The maximum atomic E-state index is 6.14. The Morgan fingerprint density at radius 3 is 2.73 bits per heavy atom. The fraction of sp³-hybridized carbons (Fsp3) is 0.222. The van der Waals surface area contributed by atoms with Crippen LogP contribution >= 0.6 is 50.9 Å². The first-order chi connectivity index (χ1) is 12.6. The monoisotopic (exact) mass is 471 g/mol. The molecule has 0 aliphatic heterocycles. The predicted molar refractivity (Wildman–Crippen MR) is 110 cm³/mol. The molecule has 3 rings (SSSR count). The topological polar surface area (TPSA) is 39.9 Å². The Kier molecular flexibility index (Phi) is 6.86. The second-order valence-corrected chi connectivity index (χ2v) is 8.13. The van der Waals surface area contributed by atoms with Crippen LogP contribution in [0.1, 0.15) is 18.3 Å². The van der Waals surface area contributed by atoms with Crippen molar-refractivity contribution in [2.45, 2.75) is 31.0 Å². The van der Waals surface area contributed by atoms with Gasteiger partial charge in [-0.15, -0.1) is 10.2 Å². The predicted octanol–water partition coefficient (Wildman–Crippen LogP) is 6.24. The summed E-state index contributed by atoms with van der Waals surface area (Å²) in [5.41, 5.74) is 1.22. The third kappa shape index (κ3) is 4.94. The van der Waals surface area contributed by atoms with Crippen molar-refractivity contribution in [2.75, 3.05) is 0 Å². The van der Waals surface area contributed by atoms with E-state index in [0.29, 0.717) is 22.4 Å². The first-order valence-electron chi connectivity index (χ1n) is 7.94. The highest BCUT2D eigenvalue weighted by atomic mass is 79.9. The highest BCUT2D eigenvalue weighted by Crippen LogP contribution is 2.29. The Hall–Kier alpha value is -1.21. The first-order valence-corrected chi connectivity index (χ1v) is 10.5. The van der Waals surface area contributed by atoms with Gasteiger partial charge in [0.25, 0.3) is 0 Å². The van der Waals surface area contributed by atoms with E-state index in [1.165, 1.54) is 5.56 Å². The van der Waals surface area contributed by atoms with Gasteiger partial charge in [0.2, 0.25) is 0 Å². The summed E-state index contributed by atoms with van der Waals surface area (Å²) in [6, 6.07) is 13.4. The van der Waals surface area contributed by atoms with Gasteiger partial charge in [-0.2, -0.15) is 0 Å². The zero-order chi connectivity index (χ0) is 18.5. The lowest BCUT2D eigenvalue weighted by Gasteiger charge is -2.10. The molecular formula is C18H16BrCl2N3OS. The van der Waals surface area contributed by atoms with Crippen LogP contribution in [0.3, 0.4) is 0 Å². The molecule has 4 nitrogen and oxygen atoms in total. The Labute approximate surface area is 175 Å². The molecule has 1 aromatic heterocycles. The van der Waals surface area contributed by atoms with Crippen LogP contribution in [0.2, 0.25) is 10.0 Å². The van der Waals surface area contributed by atoms with E-state index >= 15 is 0 Å². The van der Waals surface area contributed by atoms with Crippen molar-refractivity contribution in [1.29, 1.82) is 0 Å². The summed E-state index contributed by atoms with van der Waals surface area (Å²) in [4.78, 5) is 0. The number of nitrogens with zero attached hydrogens (tertiary/aromatic N) is 3. The number of ether oxygens (including phenoxy) is 1. The van der Waals surface area contributed by atoms with Crippen LogP contribution in [0.25, 0.3) is 0 Å². The number of aromatic nitrogens is 3. The molecule has 0 saturated carbocycles. The lowest BCUT2D eigenvalue weighted by atomic mass is 10.2. The Bertz CT molecular complexity index is 904. The average molecular weight is 473 g/mol. The van der Waals surface area contributed by atoms with Gasteiger partial charge in [0.15, 0.2) is 11.0 Å². The molecule has 8 heteroatoms. The maximum absolute atomic E-state index is 6.14. The molecule has 26 heavy (non-hydrogen) atoms. The van der Waals surface area contributed by atoms with E-state index in [0.717, 1.165) is 27.8 Å². The van der Waals surface area contributed by atoms with Crippen LogP contribution in [0, 0.1) is 0 Å². The molecule has 2 aromatic carbocycles. The second kappa shape index (κ2) is 9.13. The minimum Gasteiger partial charge on any atom is -0.484 e. The van der Waals surface area contributed by atoms with Gasteiger partial charge in [0.05, 0.1) is 5.02 Å². The number of rotatable bonds is 7. The fourth-order valence-electron chi connectivity index (χ4n) is 2.36. The van der Waals surface area contributed by atoms with Gasteiger partial charge in [-0.25, -0.2) is 0 Å². The molecule has 0 N–H and O–H groups in total. The number of hydrogen-bond donors (Lipinski definition) is 0. The highest BCUT2D eigenvalue weighted by Gasteiger charge is 2.13. The molecular weight excluding hydrogens is 457 g/mol. The van der Waals surface area contributed by atoms with E-state index in [9.17, 15) is 0 Å². The summed E-state index contributed by atoms with van der Waals surface area (Å²) in [7, 11) is 0. The average Bonchev–Trinajstić information content (AvgIpc) is 3.01. The fourth-order valence-corrected chi connectivity index (χ4v) is 4.23. The molecule has 0 unspecified atom stereocenters. The van der Waals surface area contributed by atoms with Gasteiger partial charge in [-0.1, -0.05) is 63.0 Å². The molecule has 0 amide bonds. The molecule has 0 aliphatic carbocycles. The molecule has 3 aromatic rings.